The van der Waals surface area contributed by atoms with Gasteiger partial charge in [-0.25, -0.2) is 8.42 Å². The van der Waals surface area contributed by atoms with Crippen LogP contribution in [0, 0.1) is 0 Å². The van der Waals surface area contributed by atoms with Gasteiger partial charge in [0.05, 0.1) is 12.0 Å². The number of ether oxygens (including phenoxy) is 1. The van der Waals surface area contributed by atoms with Crippen LogP contribution in [-0.4, -0.2) is 51.3 Å². The minimum absolute atomic E-state index is 0.175. The third-order valence-corrected chi connectivity index (χ3v) is 5.85. The molecule has 0 radical (unpaired) electrons. The van der Waals surface area contributed by atoms with Crippen molar-refractivity contribution >= 4 is 21.9 Å². The van der Waals surface area contributed by atoms with Crippen LogP contribution in [0.2, 0.25) is 0 Å². The number of hydrogen-bond donors (Lipinski definition) is 1. The average Bonchev–Trinajstić information content (AvgIpc) is 2.89. The second-order valence-corrected chi connectivity index (χ2v) is 7.54. The van der Waals surface area contributed by atoms with Crippen LogP contribution in [0.3, 0.4) is 0 Å². The summed E-state index contributed by atoms with van der Waals surface area (Å²) in [5.41, 5.74) is 0.286. The van der Waals surface area contributed by atoms with Gasteiger partial charge in [0.25, 0.3) is 5.91 Å². The van der Waals surface area contributed by atoms with Crippen molar-refractivity contribution in [2.45, 2.75) is 30.6 Å². The molecule has 7 nitrogen and oxygen atoms in total. The van der Waals surface area contributed by atoms with Gasteiger partial charge < -0.3 is 10.1 Å². The molecule has 1 fully saturated rings. The largest absolute Gasteiger partial charge is 0.468 e. The van der Waals surface area contributed by atoms with Crippen molar-refractivity contribution in [3.63, 3.8) is 0 Å². The fraction of sp³-hybridized carbons (Fsp3) is 0.500. The molecule has 1 saturated heterocycles. The van der Waals surface area contributed by atoms with Gasteiger partial charge in [-0.1, -0.05) is 12.8 Å². The Kier molecular flexibility index (Phi) is 6.33. The highest BCUT2D eigenvalue weighted by Crippen LogP contribution is 2.20. The summed E-state index contributed by atoms with van der Waals surface area (Å²) in [4.78, 5) is 23.1. The molecule has 2 rings (SSSR count). The SMILES string of the molecule is COC(=O)CNC(=O)c1ccc(S(=O)(=O)N2CCCCCC2)cc1. The fourth-order valence-corrected chi connectivity index (χ4v) is 4.05. The van der Waals surface area contributed by atoms with Gasteiger partial charge in [-0.05, 0) is 37.1 Å². The molecule has 8 heteroatoms. The molecule has 24 heavy (non-hydrogen) atoms. The van der Waals surface area contributed by atoms with E-state index in [9.17, 15) is 18.0 Å². The molecule has 0 spiro atoms. The minimum Gasteiger partial charge on any atom is -0.468 e. The van der Waals surface area contributed by atoms with Gasteiger partial charge in [-0.15, -0.1) is 0 Å². The fourth-order valence-electron chi connectivity index (χ4n) is 2.54. The Morgan fingerprint density at radius 3 is 2.21 bits per heavy atom. The number of hydrogen-bond acceptors (Lipinski definition) is 5. The standard InChI is InChI=1S/C16H22N2O5S/c1-23-15(19)12-17-16(20)13-6-8-14(9-7-13)24(21,22)18-10-4-2-3-5-11-18/h6-9H,2-5,10-12H2,1H3,(H,17,20). The van der Waals surface area contributed by atoms with Crippen molar-refractivity contribution in [1.82, 2.24) is 9.62 Å². The van der Waals surface area contributed by atoms with E-state index in [1.807, 2.05) is 0 Å². The predicted molar refractivity (Wildman–Crippen MR) is 88.0 cm³/mol. The van der Waals surface area contributed by atoms with E-state index in [0.29, 0.717) is 13.1 Å². The van der Waals surface area contributed by atoms with Gasteiger partial charge in [0, 0.05) is 18.7 Å². The molecule has 0 unspecified atom stereocenters. The van der Waals surface area contributed by atoms with E-state index in [-0.39, 0.29) is 17.0 Å². The van der Waals surface area contributed by atoms with Crippen LogP contribution in [0.5, 0.6) is 0 Å². The van der Waals surface area contributed by atoms with Crippen LogP contribution >= 0.6 is 0 Å². The highest BCUT2D eigenvalue weighted by Gasteiger charge is 2.25. The summed E-state index contributed by atoms with van der Waals surface area (Å²) < 4.78 is 31.2. The van der Waals surface area contributed by atoms with Gasteiger partial charge in [-0.2, -0.15) is 4.31 Å². The maximum absolute atomic E-state index is 12.6. The lowest BCUT2D eigenvalue weighted by Gasteiger charge is -2.20. The van der Waals surface area contributed by atoms with Gasteiger partial charge in [-0.3, -0.25) is 9.59 Å². The van der Waals surface area contributed by atoms with Crippen molar-refractivity contribution in [3.05, 3.63) is 29.8 Å². The Balaban J connectivity index is 2.07. The Hall–Kier alpha value is -1.93. The summed E-state index contributed by atoms with van der Waals surface area (Å²) in [6.45, 7) is 0.830. The first kappa shape index (κ1) is 18.4. The molecule has 1 N–H and O–H groups in total. The lowest BCUT2D eigenvalue weighted by Crippen LogP contribution is -2.32. The highest BCUT2D eigenvalue weighted by atomic mass is 32.2. The third-order valence-electron chi connectivity index (χ3n) is 3.94. The van der Waals surface area contributed by atoms with Gasteiger partial charge in [0.15, 0.2) is 0 Å². The maximum atomic E-state index is 12.6. The third kappa shape index (κ3) is 4.55. The monoisotopic (exact) mass is 354 g/mol. The molecule has 1 aromatic carbocycles. The summed E-state index contributed by atoms with van der Waals surface area (Å²) in [5, 5.41) is 2.41. The normalized spacial score (nSPS) is 16.2. The second kappa shape index (κ2) is 8.25. The van der Waals surface area contributed by atoms with Gasteiger partial charge >= 0.3 is 5.97 Å². The molecular formula is C16H22N2O5S. The van der Waals surface area contributed by atoms with E-state index >= 15 is 0 Å². The zero-order chi connectivity index (χ0) is 17.6. The van der Waals surface area contributed by atoms with Gasteiger partial charge in [0.2, 0.25) is 10.0 Å². The molecule has 0 saturated carbocycles. The van der Waals surface area contributed by atoms with Gasteiger partial charge in [0.1, 0.15) is 6.54 Å². The van der Waals surface area contributed by atoms with E-state index in [1.54, 1.807) is 0 Å². The molecule has 0 aliphatic carbocycles. The highest BCUT2D eigenvalue weighted by molar-refractivity contribution is 7.89. The van der Waals surface area contributed by atoms with Crippen LogP contribution < -0.4 is 5.32 Å². The van der Waals surface area contributed by atoms with E-state index < -0.39 is 21.9 Å². The zero-order valence-electron chi connectivity index (χ0n) is 13.7. The molecule has 1 amide bonds. The summed E-state index contributed by atoms with van der Waals surface area (Å²) in [6, 6.07) is 5.73. The number of benzene rings is 1. The molecule has 1 aliphatic heterocycles. The van der Waals surface area contributed by atoms with Crippen LogP contribution in [0.15, 0.2) is 29.2 Å². The summed E-state index contributed by atoms with van der Waals surface area (Å²) in [5.74, 6) is -1.01. The number of esters is 1. The zero-order valence-corrected chi connectivity index (χ0v) is 14.5. The second-order valence-electron chi connectivity index (χ2n) is 5.60. The topological polar surface area (TPSA) is 92.8 Å². The van der Waals surface area contributed by atoms with E-state index in [0.717, 1.165) is 25.7 Å². The Bertz CT molecular complexity index is 677. The molecule has 132 valence electrons. The molecule has 0 aromatic heterocycles. The number of nitrogens with one attached hydrogen (secondary N) is 1. The van der Waals surface area contributed by atoms with Crippen molar-refractivity contribution in [3.8, 4) is 0 Å². The van der Waals surface area contributed by atoms with Crippen LogP contribution in [-0.2, 0) is 19.6 Å². The minimum atomic E-state index is -3.53. The number of amides is 1. The lowest BCUT2D eigenvalue weighted by molar-refractivity contribution is -0.139. The summed E-state index contributed by atoms with van der Waals surface area (Å²) in [7, 11) is -2.30. The molecule has 1 heterocycles. The predicted octanol–water partition coefficient (Wildman–Crippen LogP) is 1.15. The number of carbonyl (C=O) groups is 2. The number of methoxy groups -OCH3 is 1. The Morgan fingerprint density at radius 1 is 1.08 bits per heavy atom. The van der Waals surface area contributed by atoms with Crippen LogP contribution in [0.25, 0.3) is 0 Å². The van der Waals surface area contributed by atoms with Crippen LogP contribution in [0.1, 0.15) is 36.0 Å². The number of sulfonamides is 1. The van der Waals surface area contributed by atoms with Crippen molar-refractivity contribution in [1.29, 1.82) is 0 Å². The molecule has 0 atom stereocenters. The molecule has 0 bridgehead atoms. The quantitative estimate of drug-likeness (QED) is 0.801. The molecule has 1 aromatic rings. The van der Waals surface area contributed by atoms with E-state index in [2.05, 4.69) is 10.1 Å². The average molecular weight is 354 g/mol. The maximum Gasteiger partial charge on any atom is 0.325 e. The van der Waals surface area contributed by atoms with E-state index in [4.69, 9.17) is 0 Å². The van der Waals surface area contributed by atoms with Crippen molar-refractivity contribution in [2.24, 2.45) is 0 Å². The molecular weight excluding hydrogens is 332 g/mol. The van der Waals surface area contributed by atoms with Crippen molar-refractivity contribution in [2.75, 3.05) is 26.7 Å². The number of rotatable bonds is 5. The van der Waals surface area contributed by atoms with Crippen molar-refractivity contribution < 1.29 is 22.7 Å². The Labute approximate surface area is 142 Å². The lowest BCUT2D eigenvalue weighted by atomic mass is 10.2. The number of nitrogens with zero attached hydrogens (tertiary/aromatic N) is 1. The first-order valence-electron chi connectivity index (χ1n) is 7.90. The summed E-state index contributed by atoms with van der Waals surface area (Å²) >= 11 is 0. The first-order chi connectivity index (χ1) is 11.4. The summed E-state index contributed by atoms with van der Waals surface area (Å²) in [6.07, 6.45) is 3.83. The van der Waals surface area contributed by atoms with E-state index in [1.165, 1.54) is 35.7 Å². The molecule has 1 aliphatic rings. The van der Waals surface area contributed by atoms with Crippen LogP contribution in [0.4, 0.5) is 0 Å². The first-order valence-corrected chi connectivity index (χ1v) is 9.34. The Morgan fingerprint density at radius 2 is 1.67 bits per heavy atom. The smallest absolute Gasteiger partial charge is 0.325 e. The number of carbonyl (C=O) groups excluding carboxylic acids is 2.